The highest BCUT2D eigenvalue weighted by Gasteiger charge is 2.36. The maximum atomic E-state index is 13.0. The normalized spacial score (nSPS) is 14.7. The van der Waals surface area contributed by atoms with E-state index in [1.807, 2.05) is 19.1 Å². The summed E-state index contributed by atoms with van der Waals surface area (Å²) in [6.45, 7) is 2.25. The Hall–Kier alpha value is -4.72. The van der Waals surface area contributed by atoms with E-state index >= 15 is 0 Å². The molecule has 1 aliphatic heterocycles. The molecule has 8 nitrogen and oxygen atoms in total. The van der Waals surface area contributed by atoms with Crippen LogP contribution >= 0.6 is 0 Å². The minimum atomic E-state index is -0.991. The van der Waals surface area contributed by atoms with Crippen molar-refractivity contribution in [1.82, 2.24) is 5.32 Å². The van der Waals surface area contributed by atoms with Crippen LogP contribution in [0.15, 0.2) is 78.4 Å². The summed E-state index contributed by atoms with van der Waals surface area (Å²) in [5.74, 6) is -1.89. The molecular formula is C27H22N2O6. The van der Waals surface area contributed by atoms with E-state index in [1.165, 1.54) is 18.2 Å². The molecule has 0 saturated carbocycles. The topological polar surface area (TPSA) is 113 Å². The van der Waals surface area contributed by atoms with Crippen LogP contribution in [0.2, 0.25) is 0 Å². The molecule has 0 radical (unpaired) electrons. The number of barbiturate groups is 1. The fraction of sp³-hybridized carbons (Fsp3) is 0.111. The fourth-order valence-corrected chi connectivity index (χ4v) is 3.51. The van der Waals surface area contributed by atoms with Crippen molar-refractivity contribution in [2.75, 3.05) is 4.90 Å². The molecule has 3 aromatic carbocycles. The summed E-state index contributed by atoms with van der Waals surface area (Å²) in [5.41, 5.74) is 2.87. The van der Waals surface area contributed by atoms with Crippen molar-refractivity contribution in [2.24, 2.45) is 0 Å². The number of carbonyl (C=O) groups is 4. The maximum absolute atomic E-state index is 13.0. The lowest BCUT2D eigenvalue weighted by Gasteiger charge is -2.26. The smallest absolute Gasteiger partial charge is 0.335 e. The lowest BCUT2D eigenvalue weighted by Crippen LogP contribution is -2.54. The zero-order valence-electron chi connectivity index (χ0n) is 18.9. The predicted molar refractivity (Wildman–Crippen MR) is 129 cm³/mol. The molecule has 1 fully saturated rings. The standard InChI is InChI=1S/C27H22N2O6/c1-2-17-5-11-21(12-6-17)29-25(31)23(24(30)28-27(29)34)15-18-7-13-22(14-8-18)35-16-19-3-9-20(10-4-19)26(32)33/h3-15H,2,16H2,1H3,(H,32,33)(H,28,30,34)/b23-15+. The molecule has 1 aliphatic rings. The summed E-state index contributed by atoms with van der Waals surface area (Å²) in [5, 5.41) is 11.2. The van der Waals surface area contributed by atoms with Gasteiger partial charge in [0.2, 0.25) is 0 Å². The Morgan fingerprint density at radius 1 is 0.914 bits per heavy atom. The first-order chi connectivity index (χ1) is 16.9. The SMILES string of the molecule is CCc1ccc(N2C(=O)NC(=O)/C(=C\c3ccc(OCc4ccc(C(=O)O)cc4)cc3)C2=O)cc1. The molecule has 176 valence electrons. The molecule has 2 N–H and O–H groups in total. The van der Waals surface area contributed by atoms with Crippen LogP contribution in [0.5, 0.6) is 5.75 Å². The summed E-state index contributed by atoms with van der Waals surface area (Å²) < 4.78 is 5.72. The minimum Gasteiger partial charge on any atom is -0.489 e. The molecule has 0 unspecified atom stereocenters. The highest BCUT2D eigenvalue weighted by Crippen LogP contribution is 2.23. The van der Waals surface area contributed by atoms with Crippen LogP contribution in [-0.2, 0) is 22.6 Å². The van der Waals surface area contributed by atoms with Gasteiger partial charge >= 0.3 is 12.0 Å². The van der Waals surface area contributed by atoms with Crippen molar-refractivity contribution in [3.63, 3.8) is 0 Å². The first-order valence-electron chi connectivity index (χ1n) is 10.9. The highest BCUT2D eigenvalue weighted by atomic mass is 16.5. The number of benzene rings is 3. The number of aryl methyl sites for hydroxylation is 1. The third-order valence-corrected chi connectivity index (χ3v) is 5.50. The van der Waals surface area contributed by atoms with E-state index in [1.54, 1.807) is 48.5 Å². The number of ether oxygens (including phenoxy) is 1. The van der Waals surface area contributed by atoms with Crippen LogP contribution < -0.4 is 15.0 Å². The number of nitrogens with one attached hydrogen (secondary N) is 1. The Bertz CT molecular complexity index is 1310. The lowest BCUT2D eigenvalue weighted by molar-refractivity contribution is -0.122. The van der Waals surface area contributed by atoms with E-state index < -0.39 is 23.8 Å². The average Bonchev–Trinajstić information content (AvgIpc) is 2.86. The molecule has 4 rings (SSSR count). The summed E-state index contributed by atoms with van der Waals surface area (Å²) in [6, 6.07) is 19.3. The first kappa shape index (κ1) is 23.4. The zero-order chi connectivity index (χ0) is 24.9. The number of imide groups is 2. The lowest BCUT2D eigenvalue weighted by atomic mass is 10.1. The van der Waals surface area contributed by atoms with Gasteiger partial charge in [0.05, 0.1) is 11.3 Å². The fourth-order valence-electron chi connectivity index (χ4n) is 3.51. The van der Waals surface area contributed by atoms with E-state index in [0.29, 0.717) is 17.0 Å². The van der Waals surface area contributed by atoms with Gasteiger partial charge in [-0.25, -0.2) is 14.5 Å². The van der Waals surface area contributed by atoms with Crippen molar-refractivity contribution in [1.29, 1.82) is 0 Å². The number of nitrogens with zero attached hydrogens (tertiary/aromatic N) is 1. The van der Waals surface area contributed by atoms with Gasteiger partial charge in [-0.3, -0.25) is 14.9 Å². The number of aromatic carboxylic acids is 1. The highest BCUT2D eigenvalue weighted by molar-refractivity contribution is 6.39. The number of rotatable bonds is 7. The van der Waals surface area contributed by atoms with Crippen molar-refractivity contribution >= 4 is 35.6 Å². The predicted octanol–water partition coefficient (Wildman–Crippen LogP) is 4.19. The number of urea groups is 1. The molecular weight excluding hydrogens is 448 g/mol. The molecule has 0 bridgehead atoms. The average molecular weight is 470 g/mol. The largest absolute Gasteiger partial charge is 0.489 e. The quantitative estimate of drug-likeness (QED) is 0.395. The van der Waals surface area contributed by atoms with Gasteiger partial charge in [0.1, 0.15) is 17.9 Å². The van der Waals surface area contributed by atoms with Crippen molar-refractivity contribution in [3.8, 4) is 5.75 Å². The van der Waals surface area contributed by atoms with E-state index in [-0.39, 0.29) is 17.7 Å². The molecule has 1 heterocycles. The second-order valence-electron chi connectivity index (χ2n) is 7.84. The second-order valence-corrected chi connectivity index (χ2v) is 7.84. The maximum Gasteiger partial charge on any atom is 0.335 e. The summed E-state index contributed by atoms with van der Waals surface area (Å²) in [4.78, 5) is 49.6. The van der Waals surface area contributed by atoms with E-state index in [2.05, 4.69) is 5.32 Å². The monoisotopic (exact) mass is 470 g/mol. The van der Waals surface area contributed by atoms with Gasteiger partial charge in [-0.1, -0.05) is 43.3 Å². The number of carboxylic acids is 1. The van der Waals surface area contributed by atoms with Crippen LogP contribution in [0.4, 0.5) is 10.5 Å². The van der Waals surface area contributed by atoms with Crippen molar-refractivity contribution < 1.29 is 29.0 Å². The molecule has 8 heteroatoms. The van der Waals surface area contributed by atoms with Crippen LogP contribution in [0.1, 0.15) is 34.0 Å². The Labute approximate surface area is 201 Å². The van der Waals surface area contributed by atoms with E-state index in [0.717, 1.165) is 22.4 Å². The molecule has 4 amide bonds. The first-order valence-corrected chi connectivity index (χ1v) is 10.9. The van der Waals surface area contributed by atoms with Crippen LogP contribution in [0, 0.1) is 0 Å². The van der Waals surface area contributed by atoms with Crippen LogP contribution in [0.25, 0.3) is 6.08 Å². The molecule has 35 heavy (non-hydrogen) atoms. The number of amides is 4. The molecule has 1 saturated heterocycles. The number of hydrogen-bond acceptors (Lipinski definition) is 5. The summed E-state index contributed by atoms with van der Waals surface area (Å²) >= 11 is 0. The van der Waals surface area contributed by atoms with E-state index in [9.17, 15) is 19.2 Å². The molecule has 0 atom stereocenters. The van der Waals surface area contributed by atoms with Gasteiger partial charge in [-0.15, -0.1) is 0 Å². The van der Waals surface area contributed by atoms with Crippen molar-refractivity contribution in [3.05, 3.63) is 101 Å². The Morgan fingerprint density at radius 2 is 1.54 bits per heavy atom. The van der Waals surface area contributed by atoms with Crippen molar-refractivity contribution in [2.45, 2.75) is 20.0 Å². The van der Waals surface area contributed by atoms with Gasteiger partial charge in [0, 0.05) is 0 Å². The second kappa shape index (κ2) is 10.0. The van der Waals surface area contributed by atoms with Crippen LogP contribution in [0.3, 0.4) is 0 Å². The third-order valence-electron chi connectivity index (χ3n) is 5.50. The minimum absolute atomic E-state index is 0.156. The molecule has 0 spiro atoms. The summed E-state index contributed by atoms with van der Waals surface area (Å²) in [7, 11) is 0. The number of carboxylic acid groups (broad SMARTS) is 1. The zero-order valence-corrected chi connectivity index (χ0v) is 18.9. The number of carbonyl (C=O) groups excluding carboxylic acids is 3. The van der Waals surface area contributed by atoms with Gasteiger partial charge in [0.15, 0.2) is 0 Å². The Kier molecular flexibility index (Phi) is 6.73. The summed E-state index contributed by atoms with van der Waals surface area (Å²) in [6.07, 6.45) is 2.24. The van der Waals surface area contributed by atoms with Gasteiger partial charge in [0.25, 0.3) is 11.8 Å². The Balaban J connectivity index is 1.47. The number of anilines is 1. The third kappa shape index (κ3) is 5.27. The molecule has 0 aliphatic carbocycles. The Morgan fingerprint density at radius 3 is 2.14 bits per heavy atom. The van der Waals surface area contributed by atoms with Gasteiger partial charge in [-0.2, -0.15) is 0 Å². The van der Waals surface area contributed by atoms with Gasteiger partial charge in [-0.05, 0) is 65.6 Å². The molecule has 0 aromatic heterocycles. The van der Waals surface area contributed by atoms with Crippen LogP contribution in [-0.4, -0.2) is 28.9 Å². The molecule has 3 aromatic rings. The van der Waals surface area contributed by atoms with Gasteiger partial charge < -0.3 is 9.84 Å². The number of hydrogen-bond donors (Lipinski definition) is 2. The van der Waals surface area contributed by atoms with E-state index in [4.69, 9.17) is 9.84 Å².